The van der Waals surface area contributed by atoms with Crippen LogP contribution in [0.25, 0.3) is 0 Å². The maximum Gasteiger partial charge on any atom is 0.284 e. The Labute approximate surface area is 114 Å². The van der Waals surface area contributed by atoms with Crippen molar-refractivity contribution in [3.8, 4) is 0 Å². The Bertz CT molecular complexity index is 562. The Balaban J connectivity index is 3.25. The molecule has 1 aromatic rings. The van der Waals surface area contributed by atoms with Crippen LogP contribution in [0.4, 0.5) is 5.69 Å². The highest BCUT2D eigenvalue weighted by Gasteiger charge is 2.20. The van der Waals surface area contributed by atoms with Crippen LogP contribution in [-0.4, -0.2) is 24.5 Å². The largest absolute Gasteiger partial charge is 0.284 e. The Morgan fingerprint density at radius 2 is 2.17 bits per heavy atom. The third-order valence-electron chi connectivity index (χ3n) is 2.00. The van der Waals surface area contributed by atoms with Crippen molar-refractivity contribution >= 4 is 39.1 Å². The van der Waals surface area contributed by atoms with E-state index in [1.54, 1.807) is 0 Å². The van der Waals surface area contributed by atoms with E-state index in [1.165, 1.54) is 23.9 Å². The van der Waals surface area contributed by atoms with Gasteiger partial charge in [-0.3, -0.25) is 10.1 Å². The lowest BCUT2D eigenvalue weighted by molar-refractivity contribution is -0.388. The maximum absolute atomic E-state index is 11.1. The number of nitrogens with zero attached hydrogens (tertiary/aromatic N) is 1. The summed E-state index contributed by atoms with van der Waals surface area (Å²) < 4.78 is 22.2. The first-order chi connectivity index (χ1) is 8.25. The second kappa shape index (κ2) is 5.87. The number of thioether (sulfide) groups is 1. The zero-order valence-electron chi connectivity index (χ0n) is 9.37. The molecule has 6 nitrogen and oxygen atoms in total. The number of nitro groups is 1. The van der Waals surface area contributed by atoms with Gasteiger partial charge in [0.05, 0.1) is 14.7 Å². The van der Waals surface area contributed by atoms with Gasteiger partial charge in [-0.25, -0.2) is 13.6 Å². The highest BCUT2D eigenvalue weighted by molar-refractivity contribution is 8.00. The van der Waals surface area contributed by atoms with Crippen LogP contribution in [0.3, 0.4) is 0 Å². The molecule has 0 amide bonds. The van der Waals surface area contributed by atoms with Crippen molar-refractivity contribution in [2.75, 3.05) is 5.88 Å². The van der Waals surface area contributed by atoms with Crippen LogP contribution in [0.5, 0.6) is 0 Å². The average Bonchev–Trinajstić information content (AvgIpc) is 2.27. The van der Waals surface area contributed by atoms with Gasteiger partial charge in [-0.15, -0.1) is 23.4 Å². The fraction of sp³-hybridized carbons (Fsp3) is 0.333. The smallest absolute Gasteiger partial charge is 0.258 e. The molecule has 2 N–H and O–H groups in total. The summed E-state index contributed by atoms with van der Waals surface area (Å²) in [4.78, 5) is 10.3. The summed E-state index contributed by atoms with van der Waals surface area (Å²) >= 11 is 6.84. The Morgan fingerprint density at radius 1 is 1.56 bits per heavy atom. The topological polar surface area (TPSA) is 103 Å². The van der Waals surface area contributed by atoms with E-state index in [9.17, 15) is 18.5 Å². The summed E-state index contributed by atoms with van der Waals surface area (Å²) in [6, 6.07) is 3.57. The van der Waals surface area contributed by atoms with Gasteiger partial charge in [-0.05, 0) is 12.1 Å². The number of nitrogens with two attached hydrogens (primary N) is 1. The van der Waals surface area contributed by atoms with Crippen molar-refractivity contribution in [3.63, 3.8) is 0 Å². The highest BCUT2D eigenvalue weighted by atomic mass is 35.5. The molecule has 0 spiro atoms. The minimum Gasteiger partial charge on any atom is -0.258 e. The number of primary sulfonamides is 1. The molecule has 0 fully saturated rings. The molecule has 0 aliphatic rings. The van der Waals surface area contributed by atoms with Gasteiger partial charge in [-0.1, -0.05) is 6.92 Å². The number of hydrogen-bond acceptors (Lipinski definition) is 5. The molecule has 9 heteroatoms. The number of alkyl halides is 1. The molecule has 1 aromatic carbocycles. The standard InChI is InChI=1S/C9H11ClN2O4S2/c1-6(5-10)17-9-3-2-7(18(11,15)16)4-8(9)12(13)14/h2-4,6H,5H2,1H3,(H2,11,15,16). The fourth-order valence-corrected chi connectivity index (χ4v) is 2.78. The molecule has 0 saturated heterocycles. The number of sulfonamides is 1. The van der Waals surface area contributed by atoms with Crippen molar-refractivity contribution in [1.82, 2.24) is 0 Å². The number of halogens is 1. The summed E-state index contributed by atoms with van der Waals surface area (Å²) in [7, 11) is -3.95. The molecule has 100 valence electrons. The van der Waals surface area contributed by atoms with Crippen LogP contribution in [0.15, 0.2) is 28.0 Å². The van der Waals surface area contributed by atoms with Crippen molar-refractivity contribution in [2.24, 2.45) is 5.14 Å². The zero-order chi connectivity index (χ0) is 13.9. The Morgan fingerprint density at radius 3 is 2.61 bits per heavy atom. The third-order valence-corrected chi connectivity index (χ3v) is 4.73. The van der Waals surface area contributed by atoms with E-state index in [4.69, 9.17) is 16.7 Å². The molecule has 0 saturated carbocycles. The molecule has 1 atom stereocenters. The van der Waals surface area contributed by atoms with E-state index in [0.29, 0.717) is 10.8 Å². The average molecular weight is 311 g/mol. The lowest BCUT2D eigenvalue weighted by Gasteiger charge is -2.08. The van der Waals surface area contributed by atoms with Crippen LogP contribution in [0.2, 0.25) is 0 Å². The molecule has 0 heterocycles. The Hall–Kier alpha value is -0.830. The van der Waals surface area contributed by atoms with Crippen molar-refractivity contribution < 1.29 is 13.3 Å². The second-order valence-corrected chi connectivity index (χ2v) is 6.86. The third kappa shape index (κ3) is 3.84. The SMILES string of the molecule is CC(CCl)Sc1ccc(S(N)(=O)=O)cc1[N+](=O)[O-]. The first-order valence-corrected chi connectivity index (χ1v) is 7.75. The predicted octanol–water partition coefficient (Wildman–Crippen LogP) is 1.96. The highest BCUT2D eigenvalue weighted by Crippen LogP contribution is 2.33. The van der Waals surface area contributed by atoms with Crippen LogP contribution >= 0.6 is 23.4 Å². The summed E-state index contributed by atoms with van der Waals surface area (Å²) in [6.07, 6.45) is 0. The van der Waals surface area contributed by atoms with Gasteiger partial charge in [0, 0.05) is 17.2 Å². The molecule has 1 unspecified atom stereocenters. The van der Waals surface area contributed by atoms with E-state index in [-0.39, 0.29) is 15.8 Å². The monoisotopic (exact) mass is 310 g/mol. The maximum atomic E-state index is 11.1. The summed E-state index contributed by atoms with van der Waals surface area (Å²) in [5, 5.41) is 15.8. The minimum absolute atomic E-state index is 0.0225. The Kier molecular flexibility index (Phi) is 4.97. The van der Waals surface area contributed by atoms with Crippen LogP contribution in [0.1, 0.15) is 6.92 Å². The molecular weight excluding hydrogens is 300 g/mol. The van der Waals surface area contributed by atoms with Gasteiger partial charge in [0.25, 0.3) is 5.69 Å². The van der Waals surface area contributed by atoms with E-state index in [0.717, 1.165) is 6.07 Å². The van der Waals surface area contributed by atoms with Gasteiger partial charge >= 0.3 is 0 Å². The lowest BCUT2D eigenvalue weighted by atomic mass is 10.3. The number of rotatable bonds is 5. The number of nitro benzene ring substituents is 1. The van der Waals surface area contributed by atoms with E-state index in [1.807, 2.05) is 6.92 Å². The molecule has 0 aliphatic carbocycles. The van der Waals surface area contributed by atoms with Crippen molar-refractivity contribution in [2.45, 2.75) is 22.0 Å². The van der Waals surface area contributed by atoms with Gasteiger partial charge in [0.2, 0.25) is 10.0 Å². The van der Waals surface area contributed by atoms with Gasteiger partial charge in [0.1, 0.15) is 0 Å². The molecule has 18 heavy (non-hydrogen) atoms. The van der Waals surface area contributed by atoms with Crippen LogP contribution < -0.4 is 5.14 Å². The van der Waals surface area contributed by atoms with Gasteiger partial charge in [0.15, 0.2) is 0 Å². The lowest BCUT2D eigenvalue weighted by Crippen LogP contribution is -2.12. The normalized spacial score (nSPS) is 13.3. The predicted molar refractivity (Wildman–Crippen MR) is 70.5 cm³/mol. The molecule has 0 aliphatic heterocycles. The van der Waals surface area contributed by atoms with Gasteiger partial charge < -0.3 is 0 Å². The number of hydrogen-bond donors (Lipinski definition) is 1. The summed E-state index contributed by atoms with van der Waals surface area (Å²) in [5.41, 5.74) is -0.288. The van der Waals surface area contributed by atoms with E-state index < -0.39 is 14.9 Å². The molecular formula is C9H11ClN2O4S2. The van der Waals surface area contributed by atoms with E-state index >= 15 is 0 Å². The minimum atomic E-state index is -3.95. The molecule has 0 bridgehead atoms. The fourth-order valence-electron chi connectivity index (χ4n) is 1.16. The molecule has 0 radical (unpaired) electrons. The quantitative estimate of drug-likeness (QED) is 0.387. The number of benzene rings is 1. The summed E-state index contributed by atoms with van der Waals surface area (Å²) in [6.45, 7) is 1.81. The van der Waals surface area contributed by atoms with Crippen LogP contribution in [0, 0.1) is 10.1 Å². The first kappa shape index (κ1) is 15.2. The van der Waals surface area contributed by atoms with Crippen molar-refractivity contribution in [1.29, 1.82) is 0 Å². The molecule has 1 rings (SSSR count). The summed E-state index contributed by atoms with van der Waals surface area (Å²) in [5.74, 6) is 0.332. The van der Waals surface area contributed by atoms with Crippen molar-refractivity contribution in [3.05, 3.63) is 28.3 Å². The first-order valence-electron chi connectivity index (χ1n) is 4.79. The van der Waals surface area contributed by atoms with Crippen LogP contribution in [-0.2, 0) is 10.0 Å². The van der Waals surface area contributed by atoms with E-state index in [2.05, 4.69) is 0 Å². The molecule has 0 aromatic heterocycles. The zero-order valence-corrected chi connectivity index (χ0v) is 11.8. The van der Waals surface area contributed by atoms with Gasteiger partial charge in [-0.2, -0.15) is 0 Å². The second-order valence-electron chi connectivity index (χ2n) is 3.51.